The molecular weight excluding hydrogens is 173 g/mol. The molecule has 0 radical (unpaired) electrons. The van der Waals surface area contributed by atoms with Crippen LogP contribution >= 0.6 is 0 Å². The molecule has 0 bridgehead atoms. The third-order valence-corrected chi connectivity index (χ3v) is 2.79. The molecule has 6 heteroatoms. The van der Waals surface area contributed by atoms with Crippen LogP contribution in [-0.2, 0) is 15.0 Å². The van der Waals surface area contributed by atoms with Gasteiger partial charge in [-0.3, -0.25) is 4.79 Å². The van der Waals surface area contributed by atoms with Gasteiger partial charge in [0.15, 0.2) is 0 Å². The number of carbonyl (C=O) groups excluding carboxylic acids is 1. The van der Waals surface area contributed by atoms with Gasteiger partial charge in [0.2, 0.25) is 5.91 Å². The highest BCUT2D eigenvalue weighted by Crippen LogP contribution is 2.17. The third kappa shape index (κ3) is 1.68. The molecule has 1 aliphatic heterocycles. The van der Waals surface area contributed by atoms with Crippen molar-refractivity contribution in [1.29, 1.82) is 0 Å². The van der Waals surface area contributed by atoms with Crippen molar-refractivity contribution in [3.8, 4) is 0 Å². The second kappa shape index (κ2) is 2.44. The normalized spacial score (nSPS) is 19.6. The Labute approximate surface area is 64.2 Å². The van der Waals surface area contributed by atoms with Crippen LogP contribution in [0, 0.1) is 0 Å². The van der Waals surface area contributed by atoms with E-state index >= 15 is 0 Å². The molecule has 0 aromatic heterocycles. The van der Waals surface area contributed by atoms with E-state index in [9.17, 15) is 17.1 Å². The second-order valence-corrected chi connectivity index (χ2v) is 4.14. The SMILES string of the molecule is CC(=O)N1CC(S(=O)(=O)F)C1. The largest absolute Gasteiger partial charge is 0.340 e. The average molecular weight is 181 g/mol. The summed E-state index contributed by atoms with van der Waals surface area (Å²) in [4.78, 5) is 11.8. The number of halogens is 1. The summed E-state index contributed by atoms with van der Waals surface area (Å²) < 4.78 is 32.5. The molecule has 1 amide bonds. The van der Waals surface area contributed by atoms with Gasteiger partial charge in [0, 0.05) is 20.0 Å². The Morgan fingerprint density at radius 1 is 1.55 bits per heavy atom. The van der Waals surface area contributed by atoms with Crippen molar-refractivity contribution in [2.45, 2.75) is 12.2 Å². The van der Waals surface area contributed by atoms with Gasteiger partial charge in [0.1, 0.15) is 5.25 Å². The summed E-state index contributed by atoms with van der Waals surface area (Å²) in [6.07, 6.45) is 0. The van der Waals surface area contributed by atoms with Crippen LogP contribution in [0.1, 0.15) is 6.92 Å². The molecule has 0 spiro atoms. The zero-order chi connectivity index (χ0) is 8.65. The van der Waals surface area contributed by atoms with Crippen LogP contribution in [0.3, 0.4) is 0 Å². The van der Waals surface area contributed by atoms with Gasteiger partial charge in [-0.2, -0.15) is 8.42 Å². The van der Waals surface area contributed by atoms with Gasteiger partial charge in [-0.25, -0.2) is 0 Å². The standard InChI is InChI=1S/C5H8FNO3S/c1-4(8)7-2-5(3-7)11(6,9)10/h5H,2-3H2,1H3. The summed E-state index contributed by atoms with van der Waals surface area (Å²) in [5, 5.41) is -0.994. The summed E-state index contributed by atoms with van der Waals surface area (Å²) in [5.41, 5.74) is 0. The molecule has 1 fully saturated rings. The van der Waals surface area contributed by atoms with Crippen LogP contribution in [0.2, 0.25) is 0 Å². The summed E-state index contributed by atoms with van der Waals surface area (Å²) in [6, 6.07) is 0. The van der Waals surface area contributed by atoms with Gasteiger partial charge in [0.25, 0.3) is 0 Å². The van der Waals surface area contributed by atoms with E-state index in [-0.39, 0.29) is 19.0 Å². The zero-order valence-electron chi connectivity index (χ0n) is 5.95. The van der Waals surface area contributed by atoms with E-state index in [0.717, 1.165) is 0 Å². The molecule has 0 N–H and O–H groups in total. The second-order valence-electron chi connectivity index (χ2n) is 2.52. The van der Waals surface area contributed by atoms with Gasteiger partial charge in [-0.15, -0.1) is 3.89 Å². The van der Waals surface area contributed by atoms with E-state index < -0.39 is 15.5 Å². The molecular formula is C5H8FNO3S. The fourth-order valence-electron chi connectivity index (χ4n) is 0.873. The summed E-state index contributed by atoms with van der Waals surface area (Å²) >= 11 is 0. The van der Waals surface area contributed by atoms with Crippen LogP contribution in [-0.4, -0.2) is 37.6 Å². The lowest BCUT2D eigenvalue weighted by Gasteiger charge is -2.35. The highest BCUT2D eigenvalue weighted by atomic mass is 32.3. The third-order valence-electron chi connectivity index (χ3n) is 1.69. The molecule has 1 saturated heterocycles. The highest BCUT2D eigenvalue weighted by Gasteiger charge is 2.38. The maximum atomic E-state index is 12.1. The van der Waals surface area contributed by atoms with Crippen LogP contribution in [0.4, 0.5) is 3.89 Å². The van der Waals surface area contributed by atoms with Crippen molar-refractivity contribution < 1.29 is 17.1 Å². The monoisotopic (exact) mass is 181 g/mol. The molecule has 0 unspecified atom stereocenters. The molecule has 0 aliphatic carbocycles. The van der Waals surface area contributed by atoms with Crippen molar-refractivity contribution in [1.82, 2.24) is 4.90 Å². The average Bonchev–Trinajstić information content (AvgIpc) is 1.51. The van der Waals surface area contributed by atoms with Crippen molar-refractivity contribution in [2.75, 3.05) is 13.1 Å². The molecule has 1 aliphatic rings. The fourth-order valence-corrected chi connectivity index (χ4v) is 1.59. The maximum Gasteiger partial charge on any atom is 0.308 e. The van der Waals surface area contributed by atoms with E-state index in [0.29, 0.717) is 0 Å². The van der Waals surface area contributed by atoms with Crippen molar-refractivity contribution in [3.05, 3.63) is 0 Å². The zero-order valence-corrected chi connectivity index (χ0v) is 6.77. The summed E-state index contributed by atoms with van der Waals surface area (Å²) in [5.74, 6) is -0.218. The van der Waals surface area contributed by atoms with Crippen LogP contribution in [0.15, 0.2) is 0 Å². The van der Waals surface area contributed by atoms with E-state index in [1.807, 2.05) is 0 Å². The fraction of sp³-hybridized carbons (Fsp3) is 0.800. The van der Waals surface area contributed by atoms with Crippen molar-refractivity contribution in [2.24, 2.45) is 0 Å². The Hall–Kier alpha value is -0.650. The van der Waals surface area contributed by atoms with Crippen molar-refractivity contribution in [3.63, 3.8) is 0 Å². The Morgan fingerprint density at radius 2 is 2.00 bits per heavy atom. The molecule has 11 heavy (non-hydrogen) atoms. The number of amides is 1. The van der Waals surface area contributed by atoms with E-state index in [1.54, 1.807) is 0 Å². The van der Waals surface area contributed by atoms with Gasteiger partial charge in [0.05, 0.1) is 0 Å². The quantitative estimate of drug-likeness (QED) is 0.513. The molecule has 0 aromatic rings. The number of hydrogen-bond acceptors (Lipinski definition) is 3. The predicted octanol–water partition coefficient (Wildman–Crippen LogP) is -0.484. The molecule has 0 atom stereocenters. The van der Waals surface area contributed by atoms with Crippen LogP contribution in [0.25, 0.3) is 0 Å². The number of carbonyl (C=O) groups is 1. The lowest BCUT2D eigenvalue weighted by Crippen LogP contribution is -2.55. The smallest absolute Gasteiger partial charge is 0.308 e. The van der Waals surface area contributed by atoms with Crippen LogP contribution in [0.5, 0.6) is 0 Å². The van der Waals surface area contributed by atoms with Gasteiger partial charge >= 0.3 is 10.2 Å². The Morgan fingerprint density at radius 3 is 2.27 bits per heavy atom. The Kier molecular flexibility index (Phi) is 1.87. The van der Waals surface area contributed by atoms with E-state index in [1.165, 1.54) is 11.8 Å². The highest BCUT2D eigenvalue weighted by molar-refractivity contribution is 7.87. The molecule has 64 valence electrons. The molecule has 4 nitrogen and oxygen atoms in total. The minimum atomic E-state index is -4.43. The molecule has 1 heterocycles. The molecule has 0 aromatic carbocycles. The number of likely N-dealkylation sites (tertiary alicyclic amines) is 1. The van der Waals surface area contributed by atoms with Gasteiger partial charge in [-0.1, -0.05) is 0 Å². The molecule has 0 saturated carbocycles. The first-order chi connectivity index (χ1) is 4.91. The lowest BCUT2D eigenvalue weighted by molar-refractivity contribution is -0.131. The van der Waals surface area contributed by atoms with Crippen molar-refractivity contribution >= 4 is 16.1 Å². The predicted molar refractivity (Wildman–Crippen MR) is 36.1 cm³/mol. The minimum Gasteiger partial charge on any atom is -0.340 e. The maximum absolute atomic E-state index is 12.1. The van der Waals surface area contributed by atoms with E-state index in [2.05, 4.69) is 0 Å². The first kappa shape index (κ1) is 8.45. The summed E-state index contributed by atoms with van der Waals surface area (Å²) in [7, 11) is -4.43. The topological polar surface area (TPSA) is 54.5 Å². The number of rotatable bonds is 1. The molecule has 1 rings (SSSR count). The lowest BCUT2D eigenvalue weighted by atomic mass is 10.2. The van der Waals surface area contributed by atoms with E-state index in [4.69, 9.17) is 0 Å². The Bertz CT molecular complexity index is 267. The number of hydrogen-bond donors (Lipinski definition) is 0. The van der Waals surface area contributed by atoms with Gasteiger partial charge in [-0.05, 0) is 0 Å². The van der Waals surface area contributed by atoms with Crippen LogP contribution < -0.4 is 0 Å². The van der Waals surface area contributed by atoms with Gasteiger partial charge < -0.3 is 4.90 Å². The first-order valence-corrected chi connectivity index (χ1v) is 4.55. The number of nitrogens with zero attached hydrogens (tertiary/aromatic N) is 1. The minimum absolute atomic E-state index is 0.00579. The Balaban J connectivity index is 2.48. The first-order valence-electron chi connectivity index (χ1n) is 3.10. The summed E-state index contributed by atoms with van der Waals surface area (Å²) in [6.45, 7) is 1.31.